The maximum atomic E-state index is 12.1. The highest BCUT2D eigenvalue weighted by atomic mass is 16.5. The molecule has 1 unspecified atom stereocenters. The number of pyridine rings is 1. The van der Waals surface area contributed by atoms with Gasteiger partial charge in [0.05, 0.1) is 0 Å². The molecule has 0 fully saturated rings. The van der Waals surface area contributed by atoms with Crippen LogP contribution in [-0.4, -0.2) is 30.1 Å². The van der Waals surface area contributed by atoms with Crippen LogP contribution in [0.15, 0.2) is 23.1 Å². The molecule has 1 heterocycles. The van der Waals surface area contributed by atoms with Crippen LogP contribution in [-0.2, 0) is 14.3 Å². The highest BCUT2D eigenvalue weighted by Crippen LogP contribution is 2.09. The van der Waals surface area contributed by atoms with Crippen LogP contribution < -0.4 is 16.6 Å². The van der Waals surface area contributed by atoms with Crippen molar-refractivity contribution in [1.29, 1.82) is 0 Å². The summed E-state index contributed by atoms with van der Waals surface area (Å²) in [5.41, 5.74) is 4.85. The highest BCUT2D eigenvalue weighted by molar-refractivity contribution is 5.91. The fourth-order valence-corrected chi connectivity index (χ4v) is 1.70. The number of carbonyl (C=O) groups is 2. The Morgan fingerprint density at radius 2 is 2.21 bits per heavy atom. The van der Waals surface area contributed by atoms with Crippen molar-refractivity contribution in [2.24, 2.45) is 5.73 Å². The van der Waals surface area contributed by atoms with Crippen LogP contribution in [0.25, 0.3) is 0 Å². The lowest BCUT2D eigenvalue weighted by molar-refractivity contribution is -0.121. The van der Waals surface area contributed by atoms with Crippen molar-refractivity contribution >= 4 is 17.5 Å². The number of nitrogens with zero attached hydrogens (tertiary/aromatic N) is 1. The topological polar surface area (TPSA) is 103 Å². The molecular formula is C12H17N3O4. The number of carbonyl (C=O) groups excluding carboxylic acids is 2. The predicted molar refractivity (Wildman–Crippen MR) is 69.7 cm³/mol. The van der Waals surface area contributed by atoms with Crippen LogP contribution in [0, 0.1) is 0 Å². The quantitative estimate of drug-likeness (QED) is 0.749. The van der Waals surface area contributed by atoms with Crippen molar-refractivity contribution in [1.82, 2.24) is 4.57 Å². The molecule has 104 valence electrons. The molecule has 0 aliphatic carbocycles. The molecule has 0 saturated heterocycles. The summed E-state index contributed by atoms with van der Waals surface area (Å²) in [6.07, 6.45) is 1.86. The number of anilines is 1. The molecule has 0 radical (unpaired) electrons. The zero-order valence-electron chi connectivity index (χ0n) is 10.9. The molecule has 2 amide bonds. The van der Waals surface area contributed by atoms with E-state index >= 15 is 0 Å². The molecule has 19 heavy (non-hydrogen) atoms. The molecule has 1 aromatic rings. The van der Waals surface area contributed by atoms with Gasteiger partial charge < -0.3 is 20.4 Å². The summed E-state index contributed by atoms with van der Waals surface area (Å²) in [6.45, 7) is 1.60. The number of hydrogen-bond acceptors (Lipinski definition) is 4. The van der Waals surface area contributed by atoms with Crippen molar-refractivity contribution in [3.05, 3.63) is 28.7 Å². The number of methoxy groups -OCH3 is 1. The lowest BCUT2D eigenvalue weighted by Crippen LogP contribution is -2.35. The lowest BCUT2D eigenvalue weighted by atomic mass is 10.2. The maximum absolute atomic E-state index is 12.1. The van der Waals surface area contributed by atoms with Crippen LogP contribution in [0.4, 0.5) is 5.69 Å². The Kier molecular flexibility index (Phi) is 5.25. The molecule has 1 aromatic heterocycles. The molecule has 7 nitrogen and oxygen atoms in total. The minimum absolute atomic E-state index is 0.0873. The summed E-state index contributed by atoms with van der Waals surface area (Å²) in [4.78, 5) is 34.8. The number of hydrogen-bond donors (Lipinski definition) is 2. The Hall–Kier alpha value is -2.15. The van der Waals surface area contributed by atoms with Gasteiger partial charge in [-0.25, -0.2) is 0 Å². The van der Waals surface area contributed by atoms with Gasteiger partial charge in [-0.3, -0.25) is 14.4 Å². The Labute approximate surface area is 110 Å². The molecule has 0 bridgehead atoms. The van der Waals surface area contributed by atoms with Gasteiger partial charge in [0, 0.05) is 13.3 Å². The summed E-state index contributed by atoms with van der Waals surface area (Å²) in [6, 6.07) is 2.29. The maximum Gasteiger partial charge on any atom is 0.275 e. The molecule has 0 aliphatic heterocycles. The van der Waals surface area contributed by atoms with E-state index in [9.17, 15) is 14.4 Å². The zero-order chi connectivity index (χ0) is 14.4. The number of nitrogens with one attached hydrogen (secondary N) is 1. The van der Waals surface area contributed by atoms with Gasteiger partial charge >= 0.3 is 0 Å². The fraction of sp³-hybridized carbons (Fsp3) is 0.417. The standard InChI is InChI=1S/C12H17N3O4/c1-3-9(11(13)17)15-6-4-5-8(12(15)18)14-10(16)7-19-2/h4-6,9H,3,7H2,1-2H3,(H2,13,17)(H,14,16). The number of aromatic nitrogens is 1. The molecule has 0 aromatic carbocycles. The Morgan fingerprint density at radius 3 is 2.74 bits per heavy atom. The molecule has 7 heteroatoms. The third-order valence-electron chi connectivity index (χ3n) is 2.57. The van der Waals surface area contributed by atoms with Crippen LogP contribution >= 0.6 is 0 Å². The van der Waals surface area contributed by atoms with E-state index < -0.39 is 23.4 Å². The number of nitrogens with two attached hydrogens (primary N) is 1. The second-order valence-corrected chi connectivity index (χ2v) is 3.94. The fourth-order valence-electron chi connectivity index (χ4n) is 1.70. The van der Waals surface area contributed by atoms with E-state index in [-0.39, 0.29) is 12.3 Å². The first kappa shape index (κ1) is 14.9. The molecule has 0 saturated carbocycles. The van der Waals surface area contributed by atoms with Crippen molar-refractivity contribution in [2.45, 2.75) is 19.4 Å². The van der Waals surface area contributed by atoms with Gasteiger partial charge in [-0.15, -0.1) is 0 Å². The van der Waals surface area contributed by atoms with E-state index in [0.29, 0.717) is 6.42 Å². The first-order chi connectivity index (χ1) is 9.01. The summed E-state index contributed by atoms with van der Waals surface area (Å²) >= 11 is 0. The smallest absolute Gasteiger partial charge is 0.275 e. The van der Waals surface area contributed by atoms with Crippen molar-refractivity contribution < 1.29 is 14.3 Å². The molecular weight excluding hydrogens is 250 g/mol. The van der Waals surface area contributed by atoms with Gasteiger partial charge in [0.25, 0.3) is 5.56 Å². The van der Waals surface area contributed by atoms with Crippen LogP contribution in [0.1, 0.15) is 19.4 Å². The largest absolute Gasteiger partial charge is 0.375 e. The van der Waals surface area contributed by atoms with Crippen LogP contribution in [0.2, 0.25) is 0 Å². The van der Waals surface area contributed by atoms with Gasteiger partial charge in [0.15, 0.2) is 0 Å². The Balaban J connectivity index is 3.08. The number of ether oxygens (including phenoxy) is 1. The minimum atomic E-state index is -0.730. The van der Waals surface area contributed by atoms with Gasteiger partial charge in [-0.1, -0.05) is 6.92 Å². The van der Waals surface area contributed by atoms with Gasteiger partial charge in [-0.2, -0.15) is 0 Å². The normalized spacial score (nSPS) is 11.9. The van der Waals surface area contributed by atoms with Gasteiger partial charge in [0.2, 0.25) is 11.8 Å². The van der Waals surface area contributed by atoms with Crippen LogP contribution in [0.3, 0.4) is 0 Å². The SMILES string of the molecule is CCC(C(N)=O)n1cccc(NC(=O)COC)c1=O. The third kappa shape index (κ3) is 3.65. The summed E-state index contributed by atoms with van der Waals surface area (Å²) in [5.74, 6) is -1.03. The summed E-state index contributed by atoms with van der Waals surface area (Å²) in [5, 5.41) is 2.42. The average Bonchev–Trinajstić information content (AvgIpc) is 2.34. The zero-order valence-corrected chi connectivity index (χ0v) is 10.9. The molecule has 3 N–H and O–H groups in total. The van der Waals surface area contributed by atoms with Gasteiger partial charge in [0.1, 0.15) is 18.3 Å². The third-order valence-corrected chi connectivity index (χ3v) is 2.57. The first-order valence-electron chi connectivity index (χ1n) is 5.80. The number of primary amides is 1. The molecule has 1 rings (SSSR count). The second-order valence-electron chi connectivity index (χ2n) is 3.94. The first-order valence-corrected chi connectivity index (χ1v) is 5.80. The van der Waals surface area contributed by atoms with E-state index in [4.69, 9.17) is 5.73 Å². The van der Waals surface area contributed by atoms with Gasteiger partial charge in [-0.05, 0) is 18.6 Å². The lowest BCUT2D eigenvalue weighted by Gasteiger charge is -2.15. The predicted octanol–water partition coefficient (Wildman–Crippen LogP) is -0.130. The van der Waals surface area contributed by atoms with E-state index in [0.717, 1.165) is 0 Å². The highest BCUT2D eigenvalue weighted by Gasteiger charge is 2.17. The molecule has 0 aliphatic rings. The van der Waals surface area contributed by atoms with E-state index in [2.05, 4.69) is 10.1 Å². The van der Waals surface area contributed by atoms with E-state index in [1.807, 2.05) is 0 Å². The summed E-state index contributed by atoms with van der Waals surface area (Å²) < 4.78 is 5.87. The average molecular weight is 267 g/mol. The number of amides is 2. The minimum Gasteiger partial charge on any atom is -0.375 e. The van der Waals surface area contributed by atoms with Crippen molar-refractivity contribution in [3.8, 4) is 0 Å². The van der Waals surface area contributed by atoms with Crippen molar-refractivity contribution in [2.75, 3.05) is 19.0 Å². The Bertz CT molecular complexity index is 524. The number of rotatable bonds is 6. The summed E-state index contributed by atoms with van der Waals surface area (Å²) in [7, 11) is 1.38. The van der Waals surface area contributed by atoms with Crippen LogP contribution in [0.5, 0.6) is 0 Å². The van der Waals surface area contributed by atoms with E-state index in [1.165, 1.54) is 23.9 Å². The Morgan fingerprint density at radius 1 is 1.53 bits per heavy atom. The second kappa shape index (κ2) is 6.69. The van der Waals surface area contributed by atoms with E-state index in [1.54, 1.807) is 13.0 Å². The molecule has 1 atom stereocenters. The van der Waals surface area contributed by atoms with Crippen molar-refractivity contribution in [3.63, 3.8) is 0 Å². The monoisotopic (exact) mass is 267 g/mol. The molecule has 0 spiro atoms.